The second-order valence-electron chi connectivity index (χ2n) is 7.02. The Morgan fingerprint density at radius 2 is 2.00 bits per heavy atom. The molecular formula is C19H26N2O4S. The summed E-state index contributed by atoms with van der Waals surface area (Å²) in [6.07, 6.45) is 6.92. The standard InChI is InChI=1S/C19H26N2O4S/c1-2-16-6-4-12-21(16)19(23)14-5-3-7-18(13-14)26(24,25)20-15-8-10-17(22)11-9-15/h3-7,13,15-17,20,22H,2,8-12H2,1H3/t15?,16-,17?/m0/s1. The Morgan fingerprint density at radius 3 is 2.69 bits per heavy atom. The molecule has 7 heteroatoms. The first-order valence-electron chi connectivity index (χ1n) is 9.19. The van der Waals surface area contributed by atoms with E-state index in [1.54, 1.807) is 17.0 Å². The molecular weight excluding hydrogens is 352 g/mol. The predicted molar refractivity (Wildman–Crippen MR) is 99.3 cm³/mol. The van der Waals surface area contributed by atoms with Crippen molar-refractivity contribution in [2.24, 2.45) is 0 Å². The van der Waals surface area contributed by atoms with Crippen molar-refractivity contribution in [1.82, 2.24) is 9.62 Å². The highest BCUT2D eigenvalue weighted by Gasteiger charge is 2.27. The number of nitrogens with one attached hydrogen (secondary N) is 1. The maximum Gasteiger partial charge on any atom is 0.254 e. The van der Waals surface area contributed by atoms with Crippen molar-refractivity contribution < 1.29 is 18.3 Å². The number of carbonyl (C=O) groups is 1. The number of carbonyl (C=O) groups excluding carboxylic acids is 1. The van der Waals surface area contributed by atoms with Gasteiger partial charge in [-0.2, -0.15) is 0 Å². The molecule has 2 aliphatic rings. The number of sulfonamides is 1. The van der Waals surface area contributed by atoms with Crippen LogP contribution < -0.4 is 4.72 Å². The van der Waals surface area contributed by atoms with Gasteiger partial charge >= 0.3 is 0 Å². The van der Waals surface area contributed by atoms with Gasteiger partial charge in [0.05, 0.1) is 17.0 Å². The van der Waals surface area contributed by atoms with E-state index in [4.69, 9.17) is 0 Å². The Kier molecular flexibility index (Phi) is 5.79. The van der Waals surface area contributed by atoms with Crippen LogP contribution in [-0.4, -0.2) is 49.1 Å². The van der Waals surface area contributed by atoms with Crippen LogP contribution in [0.3, 0.4) is 0 Å². The summed E-state index contributed by atoms with van der Waals surface area (Å²) >= 11 is 0. The summed E-state index contributed by atoms with van der Waals surface area (Å²) in [4.78, 5) is 14.6. The maximum atomic E-state index is 12.8. The number of aliphatic hydroxyl groups is 1. The summed E-state index contributed by atoms with van der Waals surface area (Å²) in [5.74, 6) is -0.153. The molecule has 1 aromatic carbocycles. The molecule has 1 fully saturated rings. The van der Waals surface area contributed by atoms with Crippen molar-refractivity contribution in [3.8, 4) is 0 Å². The molecule has 26 heavy (non-hydrogen) atoms. The van der Waals surface area contributed by atoms with Crippen molar-refractivity contribution in [1.29, 1.82) is 0 Å². The van der Waals surface area contributed by atoms with Gasteiger partial charge < -0.3 is 10.0 Å². The van der Waals surface area contributed by atoms with Crippen molar-refractivity contribution in [2.45, 2.75) is 62.1 Å². The van der Waals surface area contributed by atoms with Crippen LogP contribution in [0.25, 0.3) is 0 Å². The monoisotopic (exact) mass is 378 g/mol. The largest absolute Gasteiger partial charge is 0.393 e. The fourth-order valence-electron chi connectivity index (χ4n) is 3.60. The first-order chi connectivity index (χ1) is 12.4. The average Bonchev–Trinajstić information content (AvgIpc) is 3.12. The van der Waals surface area contributed by atoms with Gasteiger partial charge in [-0.15, -0.1) is 0 Å². The topological polar surface area (TPSA) is 86.7 Å². The lowest BCUT2D eigenvalue weighted by atomic mass is 9.94. The van der Waals surface area contributed by atoms with Gasteiger partial charge in [0.2, 0.25) is 10.0 Å². The minimum atomic E-state index is -3.69. The van der Waals surface area contributed by atoms with Gasteiger partial charge in [-0.1, -0.05) is 25.1 Å². The van der Waals surface area contributed by atoms with E-state index in [0.29, 0.717) is 37.8 Å². The van der Waals surface area contributed by atoms with Crippen LogP contribution in [0.1, 0.15) is 49.4 Å². The van der Waals surface area contributed by atoms with E-state index in [0.717, 1.165) is 6.42 Å². The van der Waals surface area contributed by atoms with Gasteiger partial charge in [-0.25, -0.2) is 13.1 Å². The third kappa shape index (κ3) is 4.16. The first-order valence-corrected chi connectivity index (χ1v) is 10.7. The molecule has 1 saturated carbocycles. The second kappa shape index (κ2) is 7.90. The van der Waals surface area contributed by atoms with Crippen molar-refractivity contribution in [3.63, 3.8) is 0 Å². The van der Waals surface area contributed by atoms with Crippen LogP contribution in [0.4, 0.5) is 0 Å². The number of benzene rings is 1. The molecule has 1 amide bonds. The molecule has 1 heterocycles. The number of aliphatic hydroxyl groups excluding tert-OH is 1. The lowest BCUT2D eigenvalue weighted by molar-refractivity contribution is 0.0747. The molecule has 6 nitrogen and oxygen atoms in total. The van der Waals surface area contributed by atoms with Gasteiger partial charge in [0, 0.05) is 18.2 Å². The number of hydrogen-bond donors (Lipinski definition) is 2. The van der Waals surface area contributed by atoms with E-state index in [1.165, 1.54) is 12.1 Å². The first kappa shape index (κ1) is 19.1. The van der Waals surface area contributed by atoms with Crippen molar-refractivity contribution >= 4 is 15.9 Å². The van der Waals surface area contributed by atoms with Crippen molar-refractivity contribution in [3.05, 3.63) is 42.0 Å². The van der Waals surface area contributed by atoms with Crippen LogP contribution in [-0.2, 0) is 10.0 Å². The zero-order valence-corrected chi connectivity index (χ0v) is 15.8. The highest BCUT2D eigenvalue weighted by molar-refractivity contribution is 7.89. The lowest BCUT2D eigenvalue weighted by Gasteiger charge is -2.26. The molecule has 0 spiro atoms. The van der Waals surface area contributed by atoms with Crippen LogP contribution in [0.15, 0.2) is 41.3 Å². The molecule has 3 rings (SSSR count). The molecule has 0 aromatic heterocycles. The normalized spacial score (nSPS) is 26.2. The fourth-order valence-corrected chi connectivity index (χ4v) is 4.95. The van der Waals surface area contributed by atoms with Gasteiger partial charge in [0.15, 0.2) is 0 Å². The van der Waals surface area contributed by atoms with Crippen LogP contribution in [0, 0.1) is 0 Å². The molecule has 0 radical (unpaired) electrons. The molecule has 1 aliphatic carbocycles. The SMILES string of the molecule is CC[C@H]1C=CCN1C(=O)c1cccc(S(=O)(=O)NC2CCC(O)CC2)c1. The number of rotatable bonds is 5. The quantitative estimate of drug-likeness (QED) is 0.768. The third-order valence-electron chi connectivity index (χ3n) is 5.15. The minimum Gasteiger partial charge on any atom is -0.393 e. The summed E-state index contributed by atoms with van der Waals surface area (Å²) in [6, 6.07) is 6.12. The van der Waals surface area contributed by atoms with E-state index >= 15 is 0 Å². The Labute approximate surface area is 155 Å². The average molecular weight is 378 g/mol. The van der Waals surface area contributed by atoms with E-state index in [2.05, 4.69) is 4.72 Å². The van der Waals surface area contributed by atoms with Gasteiger partial charge in [0.1, 0.15) is 0 Å². The summed E-state index contributed by atoms with van der Waals surface area (Å²) in [6.45, 7) is 2.57. The predicted octanol–water partition coefficient (Wildman–Crippen LogP) is 2.06. The van der Waals surface area contributed by atoms with E-state index < -0.39 is 10.0 Å². The van der Waals surface area contributed by atoms with E-state index in [-0.39, 0.29) is 29.0 Å². The fraction of sp³-hybridized carbons (Fsp3) is 0.526. The molecule has 142 valence electrons. The zero-order chi connectivity index (χ0) is 18.7. The maximum absolute atomic E-state index is 12.8. The Bertz CT molecular complexity index is 782. The Morgan fingerprint density at radius 1 is 1.27 bits per heavy atom. The summed E-state index contributed by atoms with van der Waals surface area (Å²) in [5, 5.41) is 9.56. The van der Waals surface area contributed by atoms with Gasteiger partial charge in [-0.05, 0) is 50.3 Å². The number of amides is 1. The zero-order valence-electron chi connectivity index (χ0n) is 15.0. The van der Waals surface area contributed by atoms with Crippen LogP contribution >= 0.6 is 0 Å². The minimum absolute atomic E-state index is 0.0644. The Hall–Kier alpha value is -1.70. The summed E-state index contributed by atoms with van der Waals surface area (Å²) in [5.41, 5.74) is 0.383. The number of nitrogens with zero attached hydrogens (tertiary/aromatic N) is 1. The second-order valence-corrected chi connectivity index (χ2v) is 8.73. The summed E-state index contributed by atoms with van der Waals surface area (Å²) in [7, 11) is -3.69. The molecule has 1 aromatic rings. The van der Waals surface area contributed by atoms with E-state index in [1.807, 2.05) is 19.1 Å². The highest BCUT2D eigenvalue weighted by atomic mass is 32.2. The summed E-state index contributed by atoms with van der Waals surface area (Å²) < 4.78 is 28.1. The highest BCUT2D eigenvalue weighted by Crippen LogP contribution is 2.22. The molecule has 0 unspecified atom stereocenters. The smallest absolute Gasteiger partial charge is 0.254 e. The molecule has 1 atom stereocenters. The third-order valence-corrected chi connectivity index (χ3v) is 6.67. The molecule has 1 aliphatic heterocycles. The van der Waals surface area contributed by atoms with Crippen molar-refractivity contribution in [2.75, 3.05) is 6.54 Å². The van der Waals surface area contributed by atoms with Crippen LogP contribution in [0.2, 0.25) is 0 Å². The lowest BCUT2D eigenvalue weighted by Crippen LogP contribution is -2.38. The Balaban J connectivity index is 1.75. The van der Waals surface area contributed by atoms with Crippen LogP contribution in [0.5, 0.6) is 0 Å². The number of hydrogen-bond acceptors (Lipinski definition) is 4. The molecule has 0 bridgehead atoms. The molecule has 0 saturated heterocycles. The van der Waals surface area contributed by atoms with Gasteiger partial charge in [-0.3, -0.25) is 4.79 Å². The van der Waals surface area contributed by atoms with Gasteiger partial charge in [0.25, 0.3) is 5.91 Å². The van der Waals surface area contributed by atoms with E-state index in [9.17, 15) is 18.3 Å². The molecule has 2 N–H and O–H groups in total.